The molecule has 2 rings (SSSR count). The van der Waals surface area contributed by atoms with E-state index in [0.717, 1.165) is 19.1 Å². The van der Waals surface area contributed by atoms with Gasteiger partial charge >= 0.3 is 0 Å². The fraction of sp³-hybridized carbons (Fsp3) is 0.417. The van der Waals surface area contributed by atoms with E-state index in [2.05, 4.69) is 10.0 Å². The van der Waals surface area contributed by atoms with Gasteiger partial charge in [-0.05, 0) is 31.0 Å². The summed E-state index contributed by atoms with van der Waals surface area (Å²) in [6, 6.07) is 6.57. The second-order valence-corrected chi connectivity index (χ2v) is 6.64. The Labute approximate surface area is 112 Å². The average molecular weight is 283 g/mol. The fourth-order valence-corrected chi connectivity index (χ4v) is 2.37. The van der Waals surface area contributed by atoms with Gasteiger partial charge in [0.05, 0.1) is 17.4 Å². The summed E-state index contributed by atoms with van der Waals surface area (Å²) in [5.74, 6) is -0.105. The van der Waals surface area contributed by atoms with Crippen LogP contribution in [0.1, 0.15) is 12.8 Å². The highest BCUT2D eigenvalue weighted by atomic mass is 32.2. The zero-order valence-electron chi connectivity index (χ0n) is 10.6. The van der Waals surface area contributed by atoms with Crippen molar-refractivity contribution in [2.75, 3.05) is 22.8 Å². The van der Waals surface area contributed by atoms with Gasteiger partial charge in [0.25, 0.3) is 0 Å². The molecule has 0 atom stereocenters. The summed E-state index contributed by atoms with van der Waals surface area (Å²) in [6.07, 6.45) is 2.68. The van der Waals surface area contributed by atoms with Gasteiger partial charge in [0.1, 0.15) is 0 Å². The third-order valence-corrected chi connectivity index (χ3v) is 3.76. The molecular formula is C12H17N3O3S. The molecule has 7 heteroatoms. The molecule has 4 N–H and O–H groups in total. The summed E-state index contributed by atoms with van der Waals surface area (Å²) in [6.45, 7) is 0.333. The van der Waals surface area contributed by atoms with Gasteiger partial charge in [-0.25, -0.2) is 8.42 Å². The number of hydrogen-bond donors (Lipinski definition) is 3. The molecule has 0 bridgehead atoms. The first-order valence-electron chi connectivity index (χ1n) is 5.94. The van der Waals surface area contributed by atoms with Gasteiger partial charge in [0.2, 0.25) is 15.9 Å². The summed E-state index contributed by atoms with van der Waals surface area (Å²) < 4.78 is 24.6. The van der Waals surface area contributed by atoms with Gasteiger partial charge < -0.3 is 11.1 Å². The third-order valence-electron chi connectivity index (χ3n) is 3.15. The summed E-state index contributed by atoms with van der Waals surface area (Å²) >= 11 is 0. The lowest BCUT2D eigenvalue weighted by Gasteiger charge is -2.13. The average Bonchev–Trinajstić information content (AvgIpc) is 3.07. The molecule has 0 spiro atoms. The number of carbonyl (C=O) groups excluding carboxylic acids is 1. The van der Waals surface area contributed by atoms with Crippen molar-refractivity contribution in [2.24, 2.45) is 11.1 Å². The SMILES string of the molecule is CS(=O)(=O)Nc1cccc(NC(=O)C2(CN)CC2)c1. The first-order valence-corrected chi connectivity index (χ1v) is 7.83. The van der Waals surface area contributed by atoms with Gasteiger partial charge in [0.15, 0.2) is 0 Å². The van der Waals surface area contributed by atoms with Crippen LogP contribution in [0.3, 0.4) is 0 Å². The van der Waals surface area contributed by atoms with E-state index in [1.54, 1.807) is 24.3 Å². The van der Waals surface area contributed by atoms with Crippen molar-refractivity contribution in [1.29, 1.82) is 0 Å². The Morgan fingerprint density at radius 1 is 1.37 bits per heavy atom. The number of nitrogens with two attached hydrogens (primary N) is 1. The van der Waals surface area contributed by atoms with E-state index in [0.29, 0.717) is 17.9 Å². The fourth-order valence-electron chi connectivity index (χ4n) is 1.81. The Morgan fingerprint density at radius 3 is 2.53 bits per heavy atom. The maximum absolute atomic E-state index is 12.0. The van der Waals surface area contributed by atoms with Crippen LogP contribution in [0.5, 0.6) is 0 Å². The molecule has 1 aliphatic rings. The highest BCUT2D eigenvalue weighted by Crippen LogP contribution is 2.45. The first kappa shape index (κ1) is 13.8. The molecule has 1 aromatic rings. The number of amides is 1. The largest absolute Gasteiger partial charge is 0.329 e. The highest BCUT2D eigenvalue weighted by molar-refractivity contribution is 7.92. The zero-order valence-corrected chi connectivity index (χ0v) is 11.5. The van der Waals surface area contributed by atoms with E-state index >= 15 is 0 Å². The smallest absolute Gasteiger partial charge is 0.231 e. The molecule has 1 amide bonds. The van der Waals surface area contributed by atoms with Crippen molar-refractivity contribution in [3.63, 3.8) is 0 Å². The van der Waals surface area contributed by atoms with Crippen molar-refractivity contribution in [2.45, 2.75) is 12.8 Å². The van der Waals surface area contributed by atoms with E-state index < -0.39 is 15.4 Å². The van der Waals surface area contributed by atoms with Gasteiger partial charge in [0, 0.05) is 12.2 Å². The van der Waals surface area contributed by atoms with Crippen LogP contribution in [0.15, 0.2) is 24.3 Å². The molecule has 104 valence electrons. The highest BCUT2D eigenvalue weighted by Gasteiger charge is 2.48. The number of rotatable bonds is 5. The summed E-state index contributed by atoms with van der Waals surface area (Å²) in [7, 11) is -3.33. The van der Waals surface area contributed by atoms with Crippen molar-refractivity contribution >= 4 is 27.3 Å². The van der Waals surface area contributed by atoms with Crippen LogP contribution < -0.4 is 15.8 Å². The molecule has 0 heterocycles. The second kappa shape index (κ2) is 4.82. The number of nitrogens with one attached hydrogen (secondary N) is 2. The van der Waals surface area contributed by atoms with Gasteiger partial charge in [-0.2, -0.15) is 0 Å². The Bertz CT molecular complexity index is 594. The number of anilines is 2. The minimum absolute atomic E-state index is 0.105. The summed E-state index contributed by atoms with van der Waals surface area (Å²) in [5, 5.41) is 2.77. The normalized spacial score (nSPS) is 16.7. The monoisotopic (exact) mass is 283 g/mol. The predicted octanol–water partition coefficient (Wildman–Crippen LogP) is 0.735. The van der Waals surface area contributed by atoms with Crippen molar-refractivity contribution in [3.05, 3.63) is 24.3 Å². The Balaban J connectivity index is 2.09. The number of benzene rings is 1. The van der Waals surface area contributed by atoms with Crippen LogP contribution in [0, 0.1) is 5.41 Å². The second-order valence-electron chi connectivity index (χ2n) is 4.89. The summed E-state index contributed by atoms with van der Waals surface area (Å²) in [4.78, 5) is 12.0. The van der Waals surface area contributed by atoms with Crippen molar-refractivity contribution in [3.8, 4) is 0 Å². The lowest BCUT2D eigenvalue weighted by molar-refractivity contribution is -0.120. The Morgan fingerprint density at radius 2 is 2.00 bits per heavy atom. The maximum Gasteiger partial charge on any atom is 0.231 e. The van der Waals surface area contributed by atoms with Crippen molar-refractivity contribution < 1.29 is 13.2 Å². The molecule has 0 unspecified atom stereocenters. The summed E-state index contributed by atoms with van der Waals surface area (Å²) in [5.41, 5.74) is 6.12. The standard InChI is InChI=1S/C12H17N3O3S/c1-19(17,18)15-10-4-2-3-9(7-10)14-11(16)12(8-13)5-6-12/h2-4,7,15H,5-6,8,13H2,1H3,(H,14,16). The first-order chi connectivity index (χ1) is 8.85. The number of hydrogen-bond acceptors (Lipinski definition) is 4. The van der Waals surface area contributed by atoms with E-state index in [1.807, 2.05) is 0 Å². The lowest BCUT2D eigenvalue weighted by Crippen LogP contribution is -2.30. The van der Waals surface area contributed by atoms with Crippen LogP contribution in [0.25, 0.3) is 0 Å². The van der Waals surface area contributed by atoms with Gasteiger partial charge in [-0.3, -0.25) is 9.52 Å². The molecule has 0 saturated heterocycles. The lowest BCUT2D eigenvalue weighted by atomic mass is 10.1. The topological polar surface area (TPSA) is 101 Å². The molecule has 1 aliphatic carbocycles. The molecule has 0 radical (unpaired) electrons. The van der Waals surface area contributed by atoms with E-state index in [1.165, 1.54) is 0 Å². The minimum Gasteiger partial charge on any atom is -0.329 e. The molecular weight excluding hydrogens is 266 g/mol. The molecule has 1 aromatic carbocycles. The van der Waals surface area contributed by atoms with E-state index in [9.17, 15) is 13.2 Å². The Hall–Kier alpha value is -1.60. The van der Waals surface area contributed by atoms with Crippen LogP contribution in [-0.4, -0.2) is 27.1 Å². The minimum atomic E-state index is -3.33. The molecule has 1 fully saturated rings. The maximum atomic E-state index is 12.0. The van der Waals surface area contributed by atoms with Crippen LogP contribution in [-0.2, 0) is 14.8 Å². The van der Waals surface area contributed by atoms with Crippen molar-refractivity contribution in [1.82, 2.24) is 0 Å². The predicted molar refractivity (Wildman–Crippen MR) is 74.3 cm³/mol. The van der Waals surface area contributed by atoms with Gasteiger partial charge in [-0.1, -0.05) is 6.07 Å². The quantitative estimate of drug-likeness (QED) is 0.741. The van der Waals surface area contributed by atoms with Crippen LogP contribution in [0.4, 0.5) is 11.4 Å². The zero-order chi connectivity index (χ0) is 14.1. The molecule has 0 aliphatic heterocycles. The van der Waals surface area contributed by atoms with Gasteiger partial charge in [-0.15, -0.1) is 0 Å². The molecule has 1 saturated carbocycles. The van der Waals surface area contributed by atoms with Crippen LogP contribution in [0.2, 0.25) is 0 Å². The Kier molecular flexibility index (Phi) is 3.51. The number of sulfonamides is 1. The van der Waals surface area contributed by atoms with E-state index in [-0.39, 0.29) is 5.91 Å². The molecule has 6 nitrogen and oxygen atoms in total. The number of carbonyl (C=O) groups is 1. The third kappa shape index (κ3) is 3.45. The molecule has 0 aromatic heterocycles. The van der Waals surface area contributed by atoms with E-state index in [4.69, 9.17) is 5.73 Å². The molecule has 19 heavy (non-hydrogen) atoms. The van der Waals surface area contributed by atoms with Crippen LogP contribution >= 0.6 is 0 Å².